The van der Waals surface area contributed by atoms with Crippen LogP contribution in [0.5, 0.6) is 0 Å². The first-order valence-corrected chi connectivity index (χ1v) is 7.97. The molecule has 0 aromatic carbocycles. The number of nitrogen functional groups attached to an aromatic ring is 1. The number of anilines is 1. The fourth-order valence-corrected chi connectivity index (χ4v) is 3.42. The van der Waals surface area contributed by atoms with E-state index in [0.29, 0.717) is 0 Å². The minimum Gasteiger partial charge on any atom is -0.383 e. The van der Waals surface area contributed by atoms with E-state index in [4.69, 9.17) is 5.73 Å². The molecule has 1 fully saturated rings. The van der Waals surface area contributed by atoms with Crippen LogP contribution in [0.25, 0.3) is 11.1 Å². The number of hydrogen-bond acceptors (Lipinski definition) is 3. The molecular formula is C17H24N4. The normalized spacial score (nSPS) is 16.2. The van der Waals surface area contributed by atoms with Crippen molar-refractivity contribution in [3.63, 3.8) is 0 Å². The van der Waals surface area contributed by atoms with Gasteiger partial charge in [-0.3, -0.25) is 9.67 Å². The van der Waals surface area contributed by atoms with Crippen LogP contribution in [0.4, 0.5) is 5.82 Å². The maximum atomic E-state index is 6.22. The Hall–Kier alpha value is -1.84. The Labute approximate surface area is 126 Å². The summed E-state index contributed by atoms with van der Waals surface area (Å²) in [5, 5.41) is 4.64. The molecule has 0 spiro atoms. The van der Waals surface area contributed by atoms with Gasteiger partial charge in [0.1, 0.15) is 5.82 Å². The summed E-state index contributed by atoms with van der Waals surface area (Å²) in [6.45, 7) is 0. The van der Waals surface area contributed by atoms with Crippen molar-refractivity contribution in [2.75, 3.05) is 5.73 Å². The molecule has 112 valence electrons. The van der Waals surface area contributed by atoms with E-state index in [1.165, 1.54) is 38.5 Å². The molecule has 2 N–H and O–H groups in total. The lowest BCUT2D eigenvalue weighted by Gasteiger charge is -2.21. The van der Waals surface area contributed by atoms with Crippen LogP contribution >= 0.6 is 0 Å². The monoisotopic (exact) mass is 284 g/mol. The molecule has 0 bridgehead atoms. The fourth-order valence-electron chi connectivity index (χ4n) is 3.42. The van der Waals surface area contributed by atoms with Crippen LogP contribution in [0.1, 0.15) is 44.2 Å². The second-order valence-corrected chi connectivity index (χ2v) is 6.11. The minimum absolute atomic E-state index is 0.750. The third-order valence-corrected chi connectivity index (χ3v) is 4.65. The third kappa shape index (κ3) is 3.09. The summed E-state index contributed by atoms with van der Waals surface area (Å²) in [4.78, 5) is 4.09. The van der Waals surface area contributed by atoms with Crippen molar-refractivity contribution < 1.29 is 0 Å². The number of rotatable bonds is 4. The average Bonchev–Trinajstić information content (AvgIpc) is 2.82. The molecule has 0 unspecified atom stereocenters. The van der Waals surface area contributed by atoms with E-state index >= 15 is 0 Å². The van der Waals surface area contributed by atoms with Gasteiger partial charge in [-0.1, -0.05) is 32.1 Å². The van der Waals surface area contributed by atoms with Crippen LogP contribution < -0.4 is 5.73 Å². The van der Waals surface area contributed by atoms with Crippen LogP contribution in [0.2, 0.25) is 0 Å². The Morgan fingerprint density at radius 2 is 1.90 bits per heavy atom. The Morgan fingerprint density at radius 1 is 1.19 bits per heavy atom. The zero-order chi connectivity index (χ0) is 14.7. The van der Waals surface area contributed by atoms with Gasteiger partial charge < -0.3 is 5.73 Å². The third-order valence-electron chi connectivity index (χ3n) is 4.65. The summed E-state index contributed by atoms with van der Waals surface area (Å²) >= 11 is 0. The second-order valence-electron chi connectivity index (χ2n) is 6.11. The van der Waals surface area contributed by atoms with Crippen molar-refractivity contribution in [2.24, 2.45) is 13.0 Å². The smallest absolute Gasteiger partial charge is 0.129 e. The van der Waals surface area contributed by atoms with E-state index in [-0.39, 0.29) is 0 Å². The van der Waals surface area contributed by atoms with E-state index in [9.17, 15) is 0 Å². The van der Waals surface area contributed by atoms with Crippen LogP contribution in [0, 0.1) is 5.92 Å². The molecule has 2 aromatic rings. The lowest BCUT2D eigenvalue weighted by atomic mass is 9.85. The number of pyridine rings is 1. The predicted molar refractivity (Wildman–Crippen MR) is 85.7 cm³/mol. The maximum absolute atomic E-state index is 6.22. The molecule has 0 amide bonds. The number of aryl methyl sites for hydroxylation is 2. The number of nitrogens with zero attached hydrogens (tertiary/aromatic N) is 3. The number of aromatic nitrogens is 3. The van der Waals surface area contributed by atoms with Gasteiger partial charge in [-0.25, -0.2) is 0 Å². The summed E-state index contributed by atoms with van der Waals surface area (Å²) in [7, 11) is 1.92. The van der Waals surface area contributed by atoms with Crippen LogP contribution in [0.3, 0.4) is 0 Å². The molecule has 2 heterocycles. The van der Waals surface area contributed by atoms with Crippen molar-refractivity contribution >= 4 is 5.82 Å². The summed E-state index contributed by atoms with van der Waals surface area (Å²) in [6, 6.07) is 4.02. The number of hydrogen-bond donors (Lipinski definition) is 1. The van der Waals surface area contributed by atoms with Crippen LogP contribution in [0.15, 0.2) is 24.5 Å². The molecule has 0 aliphatic heterocycles. The van der Waals surface area contributed by atoms with Gasteiger partial charge in [0.05, 0.1) is 5.69 Å². The maximum Gasteiger partial charge on any atom is 0.129 e. The Balaban J connectivity index is 1.80. The highest BCUT2D eigenvalue weighted by molar-refractivity contribution is 5.76. The summed E-state index contributed by atoms with van der Waals surface area (Å²) in [6.07, 6.45) is 12.8. The second kappa shape index (κ2) is 6.29. The Morgan fingerprint density at radius 3 is 2.62 bits per heavy atom. The molecule has 4 nitrogen and oxygen atoms in total. The molecule has 1 saturated carbocycles. The van der Waals surface area contributed by atoms with Crippen molar-refractivity contribution in [3.8, 4) is 11.1 Å². The van der Waals surface area contributed by atoms with E-state index in [2.05, 4.69) is 10.1 Å². The highest BCUT2D eigenvalue weighted by Crippen LogP contribution is 2.32. The molecule has 4 heteroatoms. The first-order valence-electron chi connectivity index (χ1n) is 7.97. The van der Waals surface area contributed by atoms with E-state index in [0.717, 1.165) is 35.0 Å². The summed E-state index contributed by atoms with van der Waals surface area (Å²) < 4.78 is 1.80. The zero-order valence-corrected chi connectivity index (χ0v) is 12.8. The van der Waals surface area contributed by atoms with E-state index in [1.54, 1.807) is 4.68 Å². The number of nitrogens with two attached hydrogens (primary N) is 1. The standard InChI is InChI=1S/C17H24N4/c1-21-17(18)16(14-9-11-19-12-10-14)15(20-21)8-7-13-5-3-2-4-6-13/h9-13H,2-8,18H2,1H3. The SMILES string of the molecule is Cn1nc(CCC2CCCCC2)c(-c2ccncc2)c1N. The molecule has 1 aliphatic rings. The van der Waals surface area contributed by atoms with Crippen LogP contribution in [-0.2, 0) is 13.5 Å². The first-order chi connectivity index (χ1) is 10.3. The average molecular weight is 284 g/mol. The van der Waals surface area contributed by atoms with E-state index < -0.39 is 0 Å². The first kappa shape index (κ1) is 14.1. The van der Waals surface area contributed by atoms with Gasteiger partial charge in [0.2, 0.25) is 0 Å². The molecule has 0 saturated heterocycles. The van der Waals surface area contributed by atoms with Gasteiger partial charge in [0.15, 0.2) is 0 Å². The zero-order valence-electron chi connectivity index (χ0n) is 12.8. The highest BCUT2D eigenvalue weighted by Gasteiger charge is 2.18. The summed E-state index contributed by atoms with van der Waals surface area (Å²) in [5.41, 5.74) is 9.57. The van der Waals surface area contributed by atoms with Gasteiger partial charge in [0.25, 0.3) is 0 Å². The molecule has 3 rings (SSSR count). The Kier molecular flexibility index (Phi) is 4.23. The van der Waals surface area contributed by atoms with Crippen molar-refractivity contribution in [1.29, 1.82) is 0 Å². The Bertz CT molecular complexity index is 582. The van der Waals surface area contributed by atoms with Gasteiger partial charge >= 0.3 is 0 Å². The van der Waals surface area contributed by atoms with Crippen LogP contribution in [-0.4, -0.2) is 14.8 Å². The van der Waals surface area contributed by atoms with E-state index in [1.807, 2.05) is 31.6 Å². The molecule has 0 atom stereocenters. The lowest BCUT2D eigenvalue weighted by molar-refractivity contribution is 0.338. The lowest BCUT2D eigenvalue weighted by Crippen LogP contribution is -2.07. The van der Waals surface area contributed by atoms with Crippen molar-refractivity contribution in [1.82, 2.24) is 14.8 Å². The summed E-state index contributed by atoms with van der Waals surface area (Å²) in [5.74, 6) is 1.62. The van der Waals surface area contributed by atoms with Crippen molar-refractivity contribution in [3.05, 3.63) is 30.2 Å². The largest absolute Gasteiger partial charge is 0.383 e. The quantitative estimate of drug-likeness (QED) is 0.933. The minimum atomic E-state index is 0.750. The van der Waals surface area contributed by atoms with Gasteiger partial charge in [0, 0.05) is 25.0 Å². The molecule has 1 aliphatic carbocycles. The molecular weight excluding hydrogens is 260 g/mol. The molecule has 0 radical (unpaired) electrons. The van der Waals surface area contributed by atoms with Gasteiger partial charge in [-0.05, 0) is 36.5 Å². The predicted octanol–water partition coefficient (Wildman–Crippen LogP) is 3.58. The van der Waals surface area contributed by atoms with Crippen molar-refractivity contribution in [2.45, 2.75) is 44.9 Å². The fraction of sp³-hybridized carbons (Fsp3) is 0.529. The van der Waals surface area contributed by atoms with Gasteiger partial charge in [-0.2, -0.15) is 5.10 Å². The molecule has 2 aromatic heterocycles. The molecule has 21 heavy (non-hydrogen) atoms. The highest BCUT2D eigenvalue weighted by atomic mass is 15.3. The van der Waals surface area contributed by atoms with Gasteiger partial charge in [-0.15, -0.1) is 0 Å². The topological polar surface area (TPSA) is 56.7 Å².